The Morgan fingerprint density at radius 1 is 0.944 bits per heavy atom. The summed E-state index contributed by atoms with van der Waals surface area (Å²) in [6.07, 6.45) is -3.60. The summed E-state index contributed by atoms with van der Waals surface area (Å²) in [5.74, 6) is -0.694. The van der Waals surface area contributed by atoms with Gasteiger partial charge in [-0.25, -0.2) is 14.7 Å². The van der Waals surface area contributed by atoms with Crippen molar-refractivity contribution in [3.8, 4) is 0 Å². The van der Waals surface area contributed by atoms with E-state index in [-0.39, 0.29) is 28.5 Å². The predicted molar refractivity (Wildman–Crippen MR) is 128 cm³/mol. The molecule has 0 bridgehead atoms. The van der Waals surface area contributed by atoms with Gasteiger partial charge >= 0.3 is 19.9 Å². The Morgan fingerprint density at radius 3 is 1.86 bits per heavy atom. The Hall–Kier alpha value is -2.08. The number of nitrogens with zero attached hydrogens (tertiary/aromatic N) is 1. The highest BCUT2D eigenvalue weighted by Crippen LogP contribution is 2.63. The normalized spacial score (nSPS) is 12.3. The number of hydrogen-bond acceptors (Lipinski definition) is 11. The number of amides is 1. The fraction of sp³-hybridized carbons (Fsp3) is 0.571. The molecule has 0 heterocycles. The first-order valence-corrected chi connectivity index (χ1v) is 13.1. The number of carbonyl (C=O) groups is 3. The summed E-state index contributed by atoms with van der Waals surface area (Å²) >= 11 is 12.1. The van der Waals surface area contributed by atoms with Gasteiger partial charge in [0.25, 0.3) is 0 Å². The highest BCUT2D eigenvalue weighted by atomic mass is 35.5. The maximum Gasteiger partial charge on any atom is 0.510 e. The maximum atomic E-state index is 13.9. The van der Waals surface area contributed by atoms with Gasteiger partial charge in [-0.3, -0.25) is 23.6 Å². The molecule has 0 fully saturated rings. The van der Waals surface area contributed by atoms with Gasteiger partial charge in [-0.05, 0) is 51.8 Å². The van der Waals surface area contributed by atoms with Gasteiger partial charge in [0.1, 0.15) is 0 Å². The third kappa shape index (κ3) is 11.3. The van der Waals surface area contributed by atoms with Gasteiger partial charge in [-0.15, -0.1) is 0 Å². The molecule has 1 atom stereocenters. The van der Waals surface area contributed by atoms with Crippen LogP contribution in [0.4, 0.5) is 9.59 Å². The van der Waals surface area contributed by atoms with Crippen molar-refractivity contribution in [2.75, 3.05) is 20.6 Å². The van der Waals surface area contributed by atoms with Crippen molar-refractivity contribution in [3.05, 3.63) is 33.8 Å². The van der Waals surface area contributed by atoms with Crippen molar-refractivity contribution in [3.63, 3.8) is 0 Å². The summed E-state index contributed by atoms with van der Waals surface area (Å²) in [6.45, 7) is 4.67. The van der Waals surface area contributed by atoms with Crippen molar-refractivity contribution in [2.45, 2.75) is 58.4 Å². The van der Waals surface area contributed by atoms with Crippen molar-refractivity contribution in [1.29, 1.82) is 0 Å². The highest BCUT2D eigenvalue weighted by molar-refractivity contribution is 7.54. The van der Waals surface area contributed by atoms with E-state index in [9.17, 15) is 24.2 Å². The van der Waals surface area contributed by atoms with Gasteiger partial charge in [0.05, 0.1) is 27.9 Å². The largest absolute Gasteiger partial charge is 0.510 e. The molecule has 0 saturated heterocycles. The van der Waals surface area contributed by atoms with Crippen molar-refractivity contribution in [1.82, 2.24) is 5.06 Å². The van der Waals surface area contributed by atoms with E-state index < -0.39 is 57.3 Å². The van der Waals surface area contributed by atoms with Crippen LogP contribution in [0.3, 0.4) is 0 Å². The number of hydroxylamine groups is 2. The van der Waals surface area contributed by atoms with Crippen LogP contribution in [0.15, 0.2) is 18.2 Å². The van der Waals surface area contributed by atoms with Gasteiger partial charge in [0.15, 0.2) is 0 Å². The van der Waals surface area contributed by atoms with Crippen molar-refractivity contribution >= 4 is 49.0 Å². The van der Waals surface area contributed by atoms with Crippen LogP contribution in [-0.4, -0.2) is 61.3 Å². The first kappa shape index (κ1) is 31.9. The molecule has 0 aliphatic heterocycles. The van der Waals surface area contributed by atoms with Crippen molar-refractivity contribution < 1.29 is 52.2 Å². The van der Waals surface area contributed by atoms with Gasteiger partial charge in [-0.1, -0.05) is 29.3 Å². The van der Waals surface area contributed by atoms with Crippen molar-refractivity contribution in [2.24, 2.45) is 0 Å². The molecular weight excluding hydrogens is 544 g/mol. The van der Waals surface area contributed by atoms with Crippen LogP contribution in [0.5, 0.6) is 0 Å². The molecule has 0 radical (unpaired) electrons. The van der Waals surface area contributed by atoms with E-state index in [1.807, 2.05) is 0 Å². The van der Waals surface area contributed by atoms with E-state index in [1.54, 1.807) is 27.7 Å². The maximum absolute atomic E-state index is 13.9. The molecule has 36 heavy (non-hydrogen) atoms. The molecule has 1 unspecified atom stereocenters. The number of rotatable bonds is 13. The molecule has 0 saturated carbocycles. The lowest BCUT2D eigenvalue weighted by Crippen LogP contribution is -2.23. The third-order valence-corrected chi connectivity index (χ3v) is 7.17. The first-order valence-electron chi connectivity index (χ1n) is 10.7. The van der Waals surface area contributed by atoms with E-state index in [1.165, 1.54) is 18.2 Å². The van der Waals surface area contributed by atoms with E-state index in [0.29, 0.717) is 5.06 Å². The summed E-state index contributed by atoms with van der Waals surface area (Å²) in [4.78, 5) is 35.4. The molecule has 0 aromatic heterocycles. The molecule has 1 aromatic rings. The van der Waals surface area contributed by atoms with E-state index in [0.717, 1.165) is 7.05 Å². The van der Waals surface area contributed by atoms with Gasteiger partial charge < -0.3 is 18.9 Å². The van der Waals surface area contributed by atoms with E-state index >= 15 is 0 Å². The molecule has 1 N–H and O–H groups in total. The summed E-state index contributed by atoms with van der Waals surface area (Å²) < 4.78 is 43.8. The van der Waals surface area contributed by atoms with Gasteiger partial charge in [0.2, 0.25) is 19.5 Å². The summed E-state index contributed by atoms with van der Waals surface area (Å²) in [6, 6.07) is 4.31. The molecule has 1 aromatic carbocycles. The number of carbonyl (C=O) groups excluding carboxylic acids is 3. The zero-order valence-electron chi connectivity index (χ0n) is 20.5. The van der Waals surface area contributed by atoms with Crippen LogP contribution in [0.25, 0.3) is 0 Å². The van der Waals surface area contributed by atoms with Crippen LogP contribution in [0.1, 0.15) is 51.8 Å². The molecule has 204 valence electrons. The van der Waals surface area contributed by atoms with Gasteiger partial charge in [-0.2, -0.15) is 0 Å². The van der Waals surface area contributed by atoms with Crippen LogP contribution in [0, 0.1) is 0 Å². The second kappa shape index (κ2) is 15.2. The first-order chi connectivity index (χ1) is 16.7. The number of ether oxygens (including phenoxy) is 4. The smallest absolute Gasteiger partial charge is 0.432 e. The third-order valence-electron chi connectivity index (χ3n) is 4.19. The fourth-order valence-electron chi connectivity index (χ4n) is 2.62. The average Bonchev–Trinajstić information content (AvgIpc) is 2.74. The second-order valence-corrected chi connectivity index (χ2v) is 10.8. The summed E-state index contributed by atoms with van der Waals surface area (Å²) in [5, 5.41) is 10.1. The zero-order chi connectivity index (χ0) is 27.5. The van der Waals surface area contributed by atoms with Crippen LogP contribution >= 0.6 is 30.8 Å². The molecule has 1 rings (SSSR count). The Labute approximate surface area is 219 Å². The topological polar surface area (TPSA) is 147 Å². The lowest BCUT2D eigenvalue weighted by molar-refractivity contribution is -0.159. The number of halogens is 2. The molecule has 0 aliphatic rings. The van der Waals surface area contributed by atoms with Gasteiger partial charge in [0, 0.05) is 13.5 Å². The Morgan fingerprint density at radius 2 is 1.44 bits per heavy atom. The van der Waals surface area contributed by atoms with E-state index in [2.05, 4.69) is 0 Å². The minimum atomic E-state index is -4.37. The molecule has 0 aliphatic carbocycles. The summed E-state index contributed by atoms with van der Waals surface area (Å²) in [7, 11) is -3.24. The quantitative estimate of drug-likeness (QED) is 0.0983. The van der Waals surface area contributed by atoms with E-state index in [4.69, 9.17) is 51.2 Å². The highest BCUT2D eigenvalue weighted by Gasteiger charge is 2.39. The second-order valence-electron chi connectivity index (χ2n) is 7.80. The molecule has 12 nitrogen and oxygen atoms in total. The SMILES string of the molecule is CC(C)OC(=O)OCOP(=O)(OCOC(=O)OC(C)C)C(CCC(=O)N(C)O)c1ccc(Cl)c(Cl)c1. The Balaban J connectivity index is 3.23. The monoisotopic (exact) mass is 573 g/mol. The molecule has 0 spiro atoms. The van der Waals surface area contributed by atoms with Crippen LogP contribution in [-0.2, 0) is 37.4 Å². The number of benzene rings is 1. The summed E-state index contributed by atoms with van der Waals surface area (Å²) in [5.41, 5.74) is -0.902. The lowest BCUT2D eigenvalue weighted by Gasteiger charge is -2.27. The van der Waals surface area contributed by atoms with Crippen LogP contribution in [0.2, 0.25) is 10.0 Å². The zero-order valence-corrected chi connectivity index (χ0v) is 22.9. The molecular formula is C21H30Cl2NO11P. The average molecular weight is 574 g/mol. The predicted octanol–water partition coefficient (Wildman–Crippen LogP) is 5.93. The Bertz CT molecular complexity index is 910. The number of hydrogen-bond donors (Lipinski definition) is 1. The molecule has 15 heteroatoms. The minimum Gasteiger partial charge on any atom is -0.432 e. The van der Waals surface area contributed by atoms with Crippen LogP contribution < -0.4 is 0 Å². The minimum absolute atomic E-state index is 0.116. The molecule has 1 amide bonds. The standard InChI is InChI=1S/C21H30Cl2NO11P/c1-13(2)34-20(26)30-11-32-36(29,33-12-31-21(27)35-14(3)4)18(8-9-19(25)24(5)28)15-6-7-16(22)17(23)10-15/h6-7,10,13-14,18,28H,8-9,11-12H2,1-5H3. The Kier molecular flexibility index (Phi) is 13.5. The fourth-order valence-corrected chi connectivity index (χ4v) is 4.73. The lowest BCUT2D eigenvalue weighted by atomic mass is 10.1.